The van der Waals surface area contributed by atoms with Crippen molar-refractivity contribution in [3.63, 3.8) is 0 Å². The van der Waals surface area contributed by atoms with E-state index in [2.05, 4.69) is 5.32 Å². The minimum absolute atomic E-state index is 0.0951. The van der Waals surface area contributed by atoms with Gasteiger partial charge in [-0.2, -0.15) is 0 Å². The van der Waals surface area contributed by atoms with Crippen LogP contribution in [0.3, 0.4) is 0 Å². The van der Waals surface area contributed by atoms with E-state index < -0.39 is 11.9 Å². The summed E-state index contributed by atoms with van der Waals surface area (Å²) < 4.78 is 0. The molecule has 2 rings (SSSR count). The molecule has 0 saturated heterocycles. The van der Waals surface area contributed by atoms with Gasteiger partial charge in [0.15, 0.2) is 0 Å². The molecule has 0 aliphatic rings. The van der Waals surface area contributed by atoms with Gasteiger partial charge >= 0.3 is 11.9 Å². The number of carbonyl (C=O) groups is 3. The summed E-state index contributed by atoms with van der Waals surface area (Å²) in [5.74, 6) is -2.32. The average Bonchev–Trinajstić information content (AvgIpc) is 2.47. The van der Waals surface area contributed by atoms with Crippen LogP contribution < -0.4 is 11.1 Å². The fourth-order valence-corrected chi connectivity index (χ4v) is 1.66. The van der Waals surface area contributed by atoms with Gasteiger partial charge in [-0.1, -0.05) is 24.3 Å². The number of carboxylic acid groups (broad SMARTS) is 2. The Morgan fingerprint density at radius 3 is 1.78 bits per heavy atom. The zero-order valence-electron chi connectivity index (χ0n) is 12.3. The second-order valence-corrected chi connectivity index (χ2v) is 4.42. The van der Waals surface area contributed by atoms with Crippen LogP contribution in [-0.2, 0) is 4.79 Å². The lowest BCUT2D eigenvalue weighted by atomic mass is 10.2. The van der Waals surface area contributed by atoms with Gasteiger partial charge in [-0.3, -0.25) is 4.79 Å². The van der Waals surface area contributed by atoms with Crippen LogP contribution in [0.1, 0.15) is 27.6 Å². The highest BCUT2D eigenvalue weighted by Crippen LogP contribution is 2.14. The van der Waals surface area contributed by atoms with Gasteiger partial charge in [-0.05, 0) is 24.3 Å². The molecule has 2 aromatic carbocycles. The minimum atomic E-state index is -1.05. The van der Waals surface area contributed by atoms with E-state index in [1.165, 1.54) is 19.1 Å². The van der Waals surface area contributed by atoms with Gasteiger partial charge < -0.3 is 21.3 Å². The molecule has 23 heavy (non-hydrogen) atoms. The molecule has 0 fully saturated rings. The number of aromatic carboxylic acids is 2. The second-order valence-electron chi connectivity index (χ2n) is 4.42. The molecule has 5 N–H and O–H groups in total. The maximum atomic E-state index is 10.7. The molecule has 0 heterocycles. The Bertz CT molecular complexity index is 728. The summed E-state index contributed by atoms with van der Waals surface area (Å²) in [6.45, 7) is 1.33. The minimum Gasteiger partial charge on any atom is -0.478 e. The van der Waals surface area contributed by atoms with Crippen molar-refractivity contribution in [1.29, 1.82) is 0 Å². The van der Waals surface area contributed by atoms with Crippen molar-refractivity contribution in [2.75, 3.05) is 11.1 Å². The van der Waals surface area contributed by atoms with Crippen LogP contribution in [0.15, 0.2) is 48.5 Å². The maximum Gasteiger partial charge on any atom is 0.337 e. The fourth-order valence-electron chi connectivity index (χ4n) is 1.66. The van der Waals surface area contributed by atoms with E-state index in [1.54, 1.807) is 36.4 Å². The number of para-hydroxylation sites is 2. The number of nitrogen functional groups attached to an aromatic ring is 1. The SMILES string of the molecule is CC(=O)Nc1ccccc1C(=O)O.Nc1ccccc1C(=O)O. The van der Waals surface area contributed by atoms with Crippen LogP contribution in [-0.4, -0.2) is 28.1 Å². The van der Waals surface area contributed by atoms with Crippen LogP contribution in [0.25, 0.3) is 0 Å². The first-order valence-corrected chi connectivity index (χ1v) is 6.50. The first-order valence-electron chi connectivity index (χ1n) is 6.50. The van der Waals surface area contributed by atoms with Crippen molar-refractivity contribution in [3.8, 4) is 0 Å². The number of benzene rings is 2. The van der Waals surface area contributed by atoms with Crippen LogP contribution in [0.5, 0.6) is 0 Å². The van der Waals surface area contributed by atoms with Gasteiger partial charge in [-0.25, -0.2) is 9.59 Å². The number of anilines is 2. The highest BCUT2D eigenvalue weighted by Gasteiger charge is 2.08. The summed E-state index contributed by atoms with van der Waals surface area (Å²) in [6.07, 6.45) is 0. The van der Waals surface area contributed by atoms with E-state index >= 15 is 0 Å². The van der Waals surface area contributed by atoms with Gasteiger partial charge in [0.25, 0.3) is 0 Å². The topological polar surface area (TPSA) is 130 Å². The molecule has 0 atom stereocenters. The Morgan fingerprint density at radius 2 is 1.35 bits per heavy atom. The van der Waals surface area contributed by atoms with Crippen LogP contribution in [0.2, 0.25) is 0 Å². The Balaban J connectivity index is 0.000000238. The summed E-state index contributed by atoms with van der Waals surface area (Å²) in [5, 5.41) is 19.6. The van der Waals surface area contributed by atoms with E-state index in [0.717, 1.165) is 0 Å². The number of carbonyl (C=O) groups excluding carboxylic acids is 1. The molecule has 0 aromatic heterocycles. The molecule has 0 unspecified atom stereocenters. The Morgan fingerprint density at radius 1 is 0.870 bits per heavy atom. The summed E-state index contributed by atoms with van der Waals surface area (Å²) >= 11 is 0. The second kappa shape index (κ2) is 8.18. The molecule has 0 bridgehead atoms. The first kappa shape index (κ1) is 17.7. The number of carboxylic acids is 2. The van der Waals surface area contributed by atoms with Crippen molar-refractivity contribution >= 4 is 29.2 Å². The predicted octanol–water partition coefficient (Wildman–Crippen LogP) is 2.31. The van der Waals surface area contributed by atoms with Gasteiger partial charge in [-0.15, -0.1) is 0 Å². The number of nitrogens with two attached hydrogens (primary N) is 1. The number of nitrogens with one attached hydrogen (secondary N) is 1. The van der Waals surface area contributed by atoms with Crippen LogP contribution in [0, 0.1) is 0 Å². The van der Waals surface area contributed by atoms with Crippen LogP contribution in [0.4, 0.5) is 11.4 Å². The zero-order chi connectivity index (χ0) is 17.4. The molecule has 0 saturated carbocycles. The number of hydrogen-bond acceptors (Lipinski definition) is 4. The van der Waals surface area contributed by atoms with Gasteiger partial charge in [0.2, 0.25) is 5.91 Å². The highest BCUT2D eigenvalue weighted by molar-refractivity contribution is 5.99. The number of hydrogen-bond donors (Lipinski definition) is 4. The molecule has 120 valence electrons. The van der Waals surface area contributed by atoms with Crippen molar-refractivity contribution in [1.82, 2.24) is 0 Å². The van der Waals surface area contributed by atoms with Gasteiger partial charge in [0, 0.05) is 12.6 Å². The lowest BCUT2D eigenvalue weighted by Crippen LogP contribution is -2.10. The molecule has 7 nitrogen and oxygen atoms in total. The lowest BCUT2D eigenvalue weighted by Gasteiger charge is -2.04. The van der Waals surface area contributed by atoms with E-state index in [-0.39, 0.29) is 17.0 Å². The molecule has 0 aliphatic heterocycles. The summed E-state index contributed by atoms with van der Waals surface area (Å²) in [6, 6.07) is 12.6. The Hall–Kier alpha value is -3.35. The molecule has 2 aromatic rings. The quantitative estimate of drug-likeness (QED) is 0.643. The van der Waals surface area contributed by atoms with Gasteiger partial charge in [0.05, 0.1) is 16.8 Å². The van der Waals surface area contributed by atoms with Crippen molar-refractivity contribution < 1.29 is 24.6 Å². The molecule has 0 radical (unpaired) electrons. The third-order valence-electron chi connectivity index (χ3n) is 2.66. The van der Waals surface area contributed by atoms with Crippen LogP contribution >= 0.6 is 0 Å². The van der Waals surface area contributed by atoms with Crippen molar-refractivity contribution in [3.05, 3.63) is 59.7 Å². The Kier molecular flexibility index (Phi) is 6.30. The number of amides is 1. The smallest absolute Gasteiger partial charge is 0.337 e. The molecule has 1 amide bonds. The van der Waals surface area contributed by atoms with Gasteiger partial charge in [0.1, 0.15) is 0 Å². The maximum absolute atomic E-state index is 10.7. The van der Waals surface area contributed by atoms with Crippen molar-refractivity contribution in [2.45, 2.75) is 6.92 Å². The molecule has 0 spiro atoms. The van der Waals surface area contributed by atoms with E-state index in [1.807, 2.05) is 0 Å². The predicted molar refractivity (Wildman–Crippen MR) is 85.5 cm³/mol. The third-order valence-corrected chi connectivity index (χ3v) is 2.66. The molecule has 7 heteroatoms. The monoisotopic (exact) mass is 316 g/mol. The fraction of sp³-hybridized carbons (Fsp3) is 0.0625. The highest BCUT2D eigenvalue weighted by atomic mass is 16.4. The first-order chi connectivity index (χ1) is 10.8. The normalized spacial score (nSPS) is 9.26. The third kappa shape index (κ3) is 5.50. The molecular weight excluding hydrogens is 300 g/mol. The van der Waals surface area contributed by atoms with E-state index in [4.69, 9.17) is 15.9 Å². The standard InChI is InChI=1S/C9H9NO3.C7H7NO2/c1-6(11)10-8-5-3-2-4-7(8)9(12)13;8-6-4-2-1-3-5(6)7(9)10/h2-5H,1H3,(H,10,11)(H,12,13);1-4H,8H2,(H,9,10). The zero-order valence-corrected chi connectivity index (χ0v) is 12.3. The van der Waals surface area contributed by atoms with Crippen molar-refractivity contribution in [2.24, 2.45) is 0 Å². The summed E-state index contributed by atoms with van der Waals surface area (Å²) in [5.41, 5.74) is 6.21. The largest absolute Gasteiger partial charge is 0.478 e. The molecular formula is C16H16N2O5. The summed E-state index contributed by atoms with van der Waals surface area (Å²) in [7, 11) is 0. The lowest BCUT2D eigenvalue weighted by molar-refractivity contribution is -0.114. The van der Waals surface area contributed by atoms with E-state index in [0.29, 0.717) is 11.4 Å². The number of rotatable bonds is 3. The summed E-state index contributed by atoms with van der Waals surface area (Å²) in [4.78, 5) is 31.7. The van der Waals surface area contributed by atoms with E-state index in [9.17, 15) is 14.4 Å². The average molecular weight is 316 g/mol. The molecule has 0 aliphatic carbocycles. The Labute approximate surface area is 132 Å².